The fourth-order valence-electron chi connectivity index (χ4n) is 7.66. The number of methoxy groups -OCH3 is 1. The number of tetrazole rings is 1. The first-order chi connectivity index (χ1) is 24.8. The number of benzene rings is 1. The van der Waals surface area contributed by atoms with E-state index in [1.54, 1.807) is 30.3 Å². The predicted octanol–water partition coefficient (Wildman–Crippen LogP) is 4.81. The minimum absolute atomic E-state index is 0.196. The lowest BCUT2D eigenvalue weighted by molar-refractivity contribution is -0.0458. The third kappa shape index (κ3) is 8.14. The van der Waals surface area contributed by atoms with Crippen LogP contribution >= 0.6 is 0 Å². The van der Waals surface area contributed by atoms with Crippen molar-refractivity contribution in [1.29, 1.82) is 5.26 Å². The highest BCUT2D eigenvalue weighted by atomic mass is 16.5. The fourth-order valence-corrected chi connectivity index (χ4v) is 7.66. The molecule has 1 aromatic carbocycles. The monoisotopic (exact) mass is 697 g/mol. The zero-order valence-corrected chi connectivity index (χ0v) is 29.8. The summed E-state index contributed by atoms with van der Waals surface area (Å²) in [6, 6.07) is 9.71. The molecule has 3 aliphatic rings. The van der Waals surface area contributed by atoms with Gasteiger partial charge in [0.2, 0.25) is 5.95 Å². The Kier molecular flexibility index (Phi) is 10.4. The third-order valence-electron chi connectivity index (χ3n) is 10.1. The largest absolute Gasteiger partial charge is 0.487 e. The van der Waals surface area contributed by atoms with Crippen molar-refractivity contribution in [3.8, 4) is 28.8 Å². The van der Waals surface area contributed by atoms with Gasteiger partial charge in [-0.15, -0.1) is 10.2 Å². The van der Waals surface area contributed by atoms with Crippen LogP contribution in [0.25, 0.3) is 11.1 Å². The quantitative estimate of drug-likeness (QED) is 0.191. The minimum atomic E-state index is -0.272. The van der Waals surface area contributed by atoms with Gasteiger partial charge in [-0.2, -0.15) is 5.26 Å². The summed E-state index contributed by atoms with van der Waals surface area (Å²) in [5, 5.41) is 29.2. The molecule has 4 aromatic rings. The van der Waals surface area contributed by atoms with Crippen molar-refractivity contribution in [2.75, 3.05) is 38.9 Å². The zero-order valence-electron chi connectivity index (χ0n) is 29.8. The van der Waals surface area contributed by atoms with Crippen LogP contribution < -0.4 is 14.8 Å². The number of hydrogen-bond acceptors (Lipinski definition) is 13. The molecule has 15 nitrogen and oxygen atoms in total. The van der Waals surface area contributed by atoms with Crippen LogP contribution in [0.1, 0.15) is 70.9 Å². The van der Waals surface area contributed by atoms with Crippen LogP contribution in [0.5, 0.6) is 11.6 Å². The van der Waals surface area contributed by atoms with E-state index in [-0.39, 0.29) is 17.6 Å². The third-order valence-corrected chi connectivity index (χ3v) is 10.1. The molecule has 3 fully saturated rings. The lowest BCUT2D eigenvalue weighted by Crippen LogP contribution is -2.52. The van der Waals surface area contributed by atoms with E-state index in [1.807, 2.05) is 25.3 Å². The predicted molar refractivity (Wildman–Crippen MR) is 188 cm³/mol. The normalized spacial score (nSPS) is 22.7. The second-order valence-electron chi connectivity index (χ2n) is 14.7. The molecule has 0 radical (unpaired) electrons. The van der Waals surface area contributed by atoms with E-state index in [4.69, 9.17) is 24.0 Å². The number of nitriles is 1. The molecule has 0 unspecified atom stereocenters. The summed E-state index contributed by atoms with van der Waals surface area (Å²) in [6.07, 6.45) is 13.7. The Bertz CT molecular complexity index is 1770. The van der Waals surface area contributed by atoms with Crippen molar-refractivity contribution in [2.45, 2.75) is 96.1 Å². The van der Waals surface area contributed by atoms with Gasteiger partial charge in [0.15, 0.2) is 0 Å². The van der Waals surface area contributed by atoms with Gasteiger partial charge >= 0.3 is 0 Å². The summed E-state index contributed by atoms with van der Waals surface area (Å²) < 4.78 is 27.4. The average Bonchev–Trinajstić information content (AvgIpc) is 3.85. The van der Waals surface area contributed by atoms with Gasteiger partial charge in [-0.25, -0.2) is 14.6 Å². The molecule has 0 spiro atoms. The molecule has 7 rings (SSSR count). The molecule has 15 heteroatoms. The molecule has 1 aliphatic carbocycles. The first kappa shape index (κ1) is 34.8. The summed E-state index contributed by atoms with van der Waals surface area (Å²) in [5.41, 5.74) is 2.56. The zero-order chi connectivity index (χ0) is 35.4. The van der Waals surface area contributed by atoms with Crippen LogP contribution in [0.4, 0.5) is 11.6 Å². The van der Waals surface area contributed by atoms with E-state index in [1.165, 1.54) is 19.2 Å². The molecule has 270 valence electrons. The van der Waals surface area contributed by atoms with E-state index in [0.717, 1.165) is 55.7 Å². The molecule has 2 saturated heterocycles. The number of ether oxygens (including phenoxy) is 4. The molecule has 1 saturated carbocycles. The van der Waals surface area contributed by atoms with E-state index in [2.05, 4.69) is 60.3 Å². The van der Waals surface area contributed by atoms with E-state index >= 15 is 0 Å². The van der Waals surface area contributed by atoms with E-state index < -0.39 is 0 Å². The van der Waals surface area contributed by atoms with E-state index in [9.17, 15) is 5.26 Å². The number of morpholine rings is 1. The SMILES string of the molecule is COCC(C)(C)COc1nn([C@H]2CC[C@H](N3[C@@H]4CC[C@H]3COC4)CC2)cc1Nc1ncc(-c2ccc(C#N)c(O[C@@H](C)Cn3cnnn3)c2)cn1. The molecule has 2 aliphatic heterocycles. The van der Waals surface area contributed by atoms with Gasteiger partial charge in [-0.1, -0.05) is 19.9 Å². The molecule has 51 heavy (non-hydrogen) atoms. The second kappa shape index (κ2) is 15.3. The summed E-state index contributed by atoms with van der Waals surface area (Å²) in [4.78, 5) is 12.0. The number of nitrogens with zero attached hydrogens (tertiary/aromatic N) is 10. The molecule has 3 atom stereocenters. The molecule has 3 aromatic heterocycles. The Balaban J connectivity index is 1.05. The van der Waals surface area contributed by atoms with Gasteiger partial charge in [-0.3, -0.25) is 9.58 Å². The van der Waals surface area contributed by atoms with Crippen molar-refractivity contribution < 1.29 is 18.9 Å². The van der Waals surface area contributed by atoms with Crippen LogP contribution in [0, 0.1) is 16.7 Å². The summed E-state index contributed by atoms with van der Waals surface area (Å²) in [5.74, 6) is 1.41. The number of aromatic nitrogens is 8. The number of fused-ring (bicyclic) bond motifs is 2. The molecular weight excluding hydrogens is 650 g/mol. The number of nitrogens with one attached hydrogen (secondary N) is 1. The first-order valence-electron chi connectivity index (χ1n) is 17.9. The Labute approximate surface area is 298 Å². The van der Waals surface area contributed by atoms with Gasteiger partial charge in [0, 0.05) is 48.6 Å². The average molecular weight is 698 g/mol. The smallest absolute Gasteiger partial charge is 0.256 e. The van der Waals surface area contributed by atoms with Crippen molar-refractivity contribution >= 4 is 11.6 Å². The molecule has 2 bridgehead atoms. The maximum absolute atomic E-state index is 9.70. The molecule has 5 heterocycles. The van der Waals surface area contributed by atoms with Gasteiger partial charge in [0.05, 0.1) is 50.8 Å². The highest BCUT2D eigenvalue weighted by molar-refractivity contribution is 5.67. The maximum Gasteiger partial charge on any atom is 0.256 e. The maximum atomic E-state index is 9.70. The lowest BCUT2D eigenvalue weighted by atomic mass is 9.89. The van der Waals surface area contributed by atoms with Crippen LogP contribution in [-0.4, -0.2) is 103 Å². The minimum Gasteiger partial charge on any atom is -0.487 e. The highest BCUT2D eigenvalue weighted by Crippen LogP contribution is 2.40. The molecular formula is C36H47N11O4. The fraction of sp³-hybridized carbons (Fsp3) is 0.583. The second-order valence-corrected chi connectivity index (χ2v) is 14.7. The topological polar surface area (TPSA) is 163 Å². The number of anilines is 2. The summed E-state index contributed by atoms with van der Waals surface area (Å²) >= 11 is 0. The number of rotatable bonds is 14. The lowest BCUT2D eigenvalue weighted by Gasteiger charge is -2.43. The summed E-state index contributed by atoms with van der Waals surface area (Å²) in [7, 11) is 1.70. The van der Waals surface area contributed by atoms with Gasteiger partial charge in [0.1, 0.15) is 29.9 Å². The number of hydrogen-bond donors (Lipinski definition) is 1. The first-order valence-corrected chi connectivity index (χ1v) is 17.9. The Morgan fingerprint density at radius 1 is 1.00 bits per heavy atom. The van der Waals surface area contributed by atoms with Gasteiger partial charge in [0.25, 0.3) is 5.88 Å². The van der Waals surface area contributed by atoms with Crippen LogP contribution in [0.3, 0.4) is 0 Å². The van der Waals surface area contributed by atoms with Crippen molar-refractivity contribution in [3.05, 3.63) is 48.7 Å². The summed E-state index contributed by atoms with van der Waals surface area (Å²) in [6.45, 7) is 9.31. The molecule has 0 amide bonds. The van der Waals surface area contributed by atoms with Crippen LogP contribution in [-0.2, 0) is 16.0 Å². The van der Waals surface area contributed by atoms with Gasteiger partial charge in [-0.05, 0) is 73.6 Å². The van der Waals surface area contributed by atoms with Crippen molar-refractivity contribution in [2.24, 2.45) is 5.41 Å². The van der Waals surface area contributed by atoms with Crippen LogP contribution in [0.15, 0.2) is 43.1 Å². The molecule has 1 N–H and O–H groups in total. The van der Waals surface area contributed by atoms with Crippen molar-refractivity contribution in [3.63, 3.8) is 0 Å². The van der Waals surface area contributed by atoms with Crippen molar-refractivity contribution in [1.82, 2.24) is 44.9 Å². The van der Waals surface area contributed by atoms with Crippen LogP contribution in [0.2, 0.25) is 0 Å². The Morgan fingerprint density at radius 3 is 2.41 bits per heavy atom. The highest BCUT2D eigenvalue weighted by Gasteiger charge is 2.42. The Hall–Kier alpha value is -4.65. The Morgan fingerprint density at radius 2 is 1.73 bits per heavy atom. The standard InChI is InChI=1S/C36H47N11O4/c1-24(17-45-23-40-43-44-45)51-33-13-25(5-6-26(33)14-37)27-15-38-35(39-16-27)41-32-18-46(42-34(32)50-22-36(2,3)21-48-4)28-7-9-29(10-8-28)47-30-11-12-31(47)20-49-19-30/h5-6,13,15-16,18,23-24,28-31H,7-12,17,19-22H2,1-4H3,(H,38,39,41)/t24-,28-,29-,30-,31+/m0/s1. The van der Waals surface area contributed by atoms with E-state index in [0.29, 0.717) is 61.0 Å². The van der Waals surface area contributed by atoms with Gasteiger partial charge < -0.3 is 24.3 Å².